The number of halogens is 4. The standard InChI is InChI=1S/C29H31ClF3N3O8S/c1-44-28(40)36-7-6-22(37)25(36)27(39)34-13-29(41)15-3-4-16(29)10-18(9-15)45(42,43)23-8-14(2-5-19(23)30)26(38)35-17-11-20(31)24(33)21(32)12-17/h2,5,8,11-12,15-16,18,22,25,37,41H,3-4,6-7,9-10,13H2,1H3,(H,34,39)(H,35,38)/t15?,16?,18-,22-,25-,29-/m0/s1. The molecular formula is C29H31ClF3N3O8S. The summed E-state index contributed by atoms with van der Waals surface area (Å²) < 4.78 is 72.8. The maximum Gasteiger partial charge on any atom is 0.410 e. The van der Waals surface area contributed by atoms with Crippen LogP contribution in [0.5, 0.6) is 0 Å². The number of aliphatic hydroxyl groups is 2. The maximum absolute atomic E-state index is 13.8. The van der Waals surface area contributed by atoms with E-state index in [2.05, 4.69) is 15.4 Å². The van der Waals surface area contributed by atoms with E-state index in [-0.39, 0.29) is 53.5 Å². The van der Waals surface area contributed by atoms with Gasteiger partial charge in [-0.2, -0.15) is 0 Å². The second-order valence-electron chi connectivity index (χ2n) is 11.6. The van der Waals surface area contributed by atoms with Gasteiger partial charge in [-0.05, 0) is 62.1 Å². The molecule has 3 aliphatic rings. The van der Waals surface area contributed by atoms with E-state index in [1.165, 1.54) is 12.1 Å². The highest BCUT2D eigenvalue weighted by Crippen LogP contribution is 2.52. The number of anilines is 1. The number of likely N-dealkylation sites (tertiary alicyclic amines) is 1. The van der Waals surface area contributed by atoms with E-state index in [4.69, 9.17) is 11.6 Å². The summed E-state index contributed by atoms with van der Waals surface area (Å²) in [7, 11) is -3.00. The summed E-state index contributed by atoms with van der Waals surface area (Å²) in [6, 6.07) is 3.44. The number of sulfone groups is 1. The van der Waals surface area contributed by atoms with E-state index in [1.54, 1.807) is 0 Å². The Morgan fingerprint density at radius 1 is 1.07 bits per heavy atom. The van der Waals surface area contributed by atoms with Crippen LogP contribution in [0.25, 0.3) is 0 Å². The zero-order valence-electron chi connectivity index (χ0n) is 23.9. The molecule has 4 N–H and O–H groups in total. The van der Waals surface area contributed by atoms with Crippen LogP contribution in [0, 0.1) is 29.3 Å². The Morgan fingerprint density at radius 2 is 1.69 bits per heavy atom. The Labute approximate surface area is 261 Å². The third-order valence-electron chi connectivity index (χ3n) is 9.14. The second-order valence-corrected chi connectivity index (χ2v) is 14.2. The minimum absolute atomic E-state index is 0.0342. The number of methoxy groups -OCH3 is 1. The molecule has 3 fully saturated rings. The minimum atomic E-state index is -4.16. The summed E-state index contributed by atoms with van der Waals surface area (Å²) in [5.74, 6) is -7.36. The van der Waals surface area contributed by atoms with Crippen LogP contribution in [-0.2, 0) is 19.4 Å². The molecule has 1 saturated heterocycles. The van der Waals surface area contributed by atoms with Crippen LogP contribution in [-0.4, -0.2) is 84.6 Å². The molecule has 2 saturated carbocycles. The van der Waals surface area contributed by atoms with Crippen molar-refractivity contribution in [2.75, 3.05) is 25.5 Å². The van der Waals surface area contributed by atoms with E-state index in [1.807, 2.05) is 0 Å². The molecule has 5 rings (SSSR count). The van der Waals surface area contributed by atoms with E-state index in [0.29, 0.717) is 25.0 Å². The Bertz CT molecular complexity index is 1610. The van der Waals surface area contributed by atoms with Gasteiger partial charge < -0.3 is 25.6 Å². The molecule has 244 valence electrons. The van der Waals surface area contributed by atoms with E-state index in [9.17, 15) is 46.2 Å². The van der Waals surface area contributed by atoms with Gasteiger partial charge in [-0.3, -0.25) is 14.5 Å². The summed E-state index contributed by atoms with van der Waals surface area (Å²) in [4.78, 5) is 38.6. The van der Waals surface area contributed by atoms with Gasteiger partial charge in [0.05, 0.1) is 34.0 Å². The summed E-state index contributed by atoms with van der Waals surface area (Å²) in [5, 5.41) is 25.6. The highest BCUT2D eigenvalue weighted by molar-refractivity contribution is 7.92. The van der Waals surface area contributed by atoms with Gasteiger partial charge in [0.25, 0.3) is 5.91 Å². The number of carbonyl (C=O) groups excluding carboxylic acids is 3. The third-order valence-corrected chi connectivity index (χ3v) is 11.8. The number of ether oxygens (including phenoxy) is 1. The first-order valence-electron chi connectivity index (χ1n) is 14.2. The predicted molar refractivity (Wildman–Crippen MR) is 154 cm³/mol. The number of benzene rings is 2. The number of rotatable bonds is 7. The average molecular weight is 674 g/mol. The lowest BCUT2D eigenvalue weighted by Crippen LogP contribution is -2.58. The van der Waals surface area contributed by atoms with Crippen LogP contribution in [0.2, 0.25) is 5.02 Å². The van der Waals surface area contributed by atoms with Crippen molar-refractivity contribution in [3.63, 3.8) is 0 Å². The van der Waals surface area contributed by atoms with Gasteiger partial charge in [0, 0.05) is 36.5 Å². The third kappa shape index (κ3) is 6.10. The van der Waals surface area contributed by atoms with E-state index in [0.717, 1.165) is 18.1 Å². The lowest BCUT2D eigenvalue weighted by molar-refractivity contribution is -0.130. The fourth-order valence-electron chi connectivity index (χ4n) is 6.77. The number of carbonyl (C=O) groups is 3. The zero-order valence-corrected chi connectivity index (χ0v) is 25.5. The molecule has 2 unspecified atom stereocenters. The smallest absolute Gasteiger partial charge is 0.410 e. The van der Waals surface area contributed by atoms with Crippen LogP contribution in [0.4, 0.5) is 23.7 Å². The van der Waals surface area contributed by atoms with Crippen molar-refractivity contribution in [1.82, 2.24) is 10.2 Å². The lowest BCUT2D eigenvalue weighted by Gasteiger charge is -2.42. The average Bonchev–Trinajstić information content (AvgIpc) is 3.41. The summed E-state index contributed by atoms with van der Waals surface area (Å²) in [6.07, 6.45) is -0.656. The Morgan fingerprint density at radius 3 is 2.29 bits per heavy atom. The molecule has 0 aromatic heterocycles. The van der Waals surface area contributed by atoms with Crippen molar-refractivity contribution in [3.8, 4) is 0 Å². The van der Waals surface area contributed by atoms with Crippen LogP contribution in [0.3, 0.4) is 0 Å². The lowest BCUT2D eigenvalue weighted by atomic mass is 9.74. The Kier molecular flexibility index (Phi) is 9.10. The van der Waals surface area contributed by atoms with Crippen molar-refractivity contribution < 1.29 is 50.9 Å². The van der Waals surface area contributed by atoms with Gasteiger partial charge in [0.1, 0.15) is 6.04 Å². The number of nitrogens with one attached hydrogen (secondary N) is 2. The molecule has 0 radical (unpaired) electrons. The molecule has 3 amide bonds. The molecule has 1 heterocycles. The monoisotopic (exact) mass is 673 g/mol. The van der Waals surface area contributed by atoms with Crippen molar-refractivity contribution in [2.24, 2.45) is 11.8 Å². The topological polar surface area (TPSA) is 162 Å². The SMILES string of the molecule is COC(=O)N1CC[C@H](O)[C@H]1C(=O)NC[C@]1(O)C2CCC1C[C@@H](S(=O)(=O)c1cc(C(=O)Nc3cc(F)c(F)c(F)c3)ccc1Cl)C2. The molecule has 0 spiro atoms. The molecular weight excluding hydrogens is 643 g/mol. The molecule has 1 aliphatic heterocycles. The van der Waals surface area contributed by atoms with Crippen molar-refractivity contribution >= 4 is 45.0 Å². The van der Waals surface area contributed by atoms with Crippen LogP contribution < -0.4 is 10.6 Å². The van der Waals surface area contributed by atoms with Crippen LogP contribution in [0.15, 0.2) is 35.2 Å². The molecule has 2 aromatic rings. The number of amides is 3. The van der Waals surface area contributed by atoms with E-state index >= 15 is 0 Å². The largest absolute Gasteiger partial charge is 0.453 e. The van der Waals surface area contributed by atoms with Crippen LogP contribution in [0.1, 0.15) is 42.5 Å². The Balaban J connectivity index is 1.29. The predicted octanol–water partition coefficient (Wildman–Crippen LogP) is 3.02. The normalized spacial score (nSPS) is 27.7. The quantitative estimate of drug-likeness (QED) is 0.326. The van der Waals surface area contributed by atoms with Gasteiger partial charge in [0.2, 0.25) is 5.91 Å². The molecule has 2 aliphatic carbocycles. The van der Waals surface area contributed by atoms with Crippen molar-refractivity contribution in [2.45, 2.75) is 60.0 Å². The highest BCUT2D eigenvalue weighted by Gasteiger charge is 2.56. The van der Waals surface area contributed by atoms with Gasteiger partial charge in [-0.25, -0.2) is 26.4 Å². The Hall–Kier alpha value is -3.40. The van der Waals surface area contributed by atoms with Gasteiger partial charge in [-0.15, -0.1) is 0 Å². The van der Waals surface area contributed by atoms with Gasteiger partial charge >= 0.3 is 6.09 Å². The first kappa shape index (κ1) is 33.0. The summed E-state index contributed by atoms with van der Waals surface area (Å²) >= 11 is 6.27. The highest BCUT2D eigenvalue weighted by atomic mass is 35.5. The van der Waals surface area contributed by atoms with E-state index < -0.39 is 80.0 Å². The van der Waals surface area contributed by atoms with Gasteiger partial charge in [0.15, 0.2) is 27.3 Å². The molecule has 16 heteroatoms. The molecule has 45 heavy (non-hydrogen) atoms. The number of fused-ring (bicyclic) bond motifs is 2. The second kappa shape index (κ2) is 12.4. The summed E-state index contributed by atoms with van der Waals surface area (Å²) in [6.45, 7) is -0.0943. The maximum atomic E-state index is 13.8. The molecule has 11 nitrogen and oxygen atoms in total. The van der Waals surface area contributed by atoms with Crippen LogP contribution >= 0.6 is 11.6 Å². The molecule has 4 atom stereocenters. The number of aliphatic hydroxyl groups excluding tert-OH is 1. The number of hydrogen-bond donors (Lipinski definition) is 4. The zero-order chi connectivity index (χ0) is 32.8. The number of hydrogen-bond acceptors (Lipinski definition) is 8. The minimum Gasteiger partial charge on any atom is -0.453 e. The number of nitrogens with zero attached hydrogens (tertiary/aromatic N) is 1. The fourth-order valence-corrected chi connectivity index (χ4v) is 9.17. The van der Waals surface area contributed by atoms with Gasteiger partial charge in [-0.1, -0.05) is 11.6 Å². The first-order chi connectivity index (χ1) is 21.2. The molecule has 2 aromatic carbocycles. The summed E-state index contributed by atoms with van der Waals surface area (Å²) in [5.41, 5.74) is -2.00. The molecule has 2 bridgehead atoms. The van der Waals surface area contributed by atoms with Crippen molar-refractivity contribution in [3.05, 3.63) is 58.4 Å². The van der Waals surface area contributed by atoms with Crippen molar-refractivity contribution in [1.29, 1.82) is 0 Å². The first-order valence-corrected chi connectivity index (χ1v) is 16.1. The fraction of sp³-hybridized carbons (Fsp3) is 0.483.